The fourth-order valence-corrected chi connectivity index (χ4v) is 1.76. The summed E-state index contributed by atoms with van der Waals surface area (Å²) in [6, 6.07) is 0. The highest BCUT2D eigenvalue weighted by Crippen LogP contribution is 2.32. The molecular formula is C11H20O3. The van der Waals surface area contributed by atoms with Crippen molar-refractivity contribution in [1.29, 1.82) is 0 Å². The van der Waals surface area contributed by atoms with Gasteiger partial charge < -0.3 is 9.47 Å². The van der Waals surface area contributed by atoms with Crippen LogP contribution in [0.1, 0.15) is 40.0 Å². The summed E-state index contributed by atoms with van der Waals surface area (Å²) < 4.78 is 10.5. The highest BCUT2D eigenvalue weighted by atomic mass is 16.5. The number of hydrogen-bond acceptors (Lipinski definition) is 3. The van der Waals surface area contributed by atoms with Crippen molar-refractivity contribution in [3.8, 4) is 0 Å². The Morgan fingerprint density at radius 2 is 2.07 bits per heavy atom. The van der Waals surface area contributed by atoms with Crippen molar-refractivity contribution in [1.82, 2.24) is 0 Å². The molecule has 14 heavy (non-hydrogen) atoms. The summed E-state index contributed by atoms with van der Waals surface area (Å²) in [7, 11) is 0. The number of rotatable bonds is 5. The molecule has 1 aliphatic carbocycles. The van der Waals surface area contributed by atoms with E-state index in [9.17, 15) is 4.79 Å². The van der Waals surface area contributed by atoms with Crippen LogP contribution in [0, 0.1) is 5.92 Å². The van der Waals surface area contributed by atoms with E-state index in [2.05, 4.69) is 0 Å². The Morgan fingerprint density at radius 3 is 2.57 bits per heavy atom. The SMILES string of the molecule is CCOC1CC(CC(=O)OC(C)C)C1. The first kappa shape index (κ1) is 11.5. The van der Waals surface area contributed by atoms with E-state index < -0.39 is 0 Å². The van der Waals surface area contributed by atoms with Crippen LogP contribution in [0.3, 0.4) is 0 Å². The summed E-state index contributed by atoms with van der Waals surface area (Å²) >= 11 is 0. The van der Waals surface area contributed by atoms with Crippen LogP contribution in [-0.2, 0) is 14.3 Å². The van der Waals surface area contributed by atoms with E-state index in [1.807, 2.05) is 20.8 Å². The highest BCUT2D eigenvalue weighted by Gasteiger charge is 2.31. The van der Waals surface area contributed by atoms with Crippen LogP contribution in [0.5, 0.6) is 0 Å². The van der Waals surface area contributed by atoms with Gasteiger partial charge >= 0.3 is 5.97 Å². The van der Waals surface area contributed by atoms with Gasteiger partial charge in [0.15, 0.2) is 0 Å². The lowest BCUT2D eigenvalue weighted by molar-refractivity contribution is -0.150. The number of carbonyl (C=O) groups excluding carboxylic acids is 1. The molecule has 0 radical (unpaired) electrons. The van der Waals surface area contributed by atoms with Gasteiger partial charge in [0.05, 0.1) is 12.2 Å². The molecule has 0 aromatic heterocycles. The molecule has 0 unspecified atom stereocenters. The van der Waals surface area contributed by atoms with Crippen LogP contribution in [-0.4, -0.2) is 24.8 Å². The average molecular weight is 200 g/mol. The van der Waals surface area contributed by atoms with Crippen LogP contribution >= 0.6 is 0 Å². The zero-order chi connectivity index (χ0) is 10.6. The lowest BCUT2D eigenvalue weighted by atomic mass is 9.80. The standard InChI is InChI=1S/C11H20O3/c1-4-13-10-5-9(6-10)7-11(12)14-8(2)3/h8-10H,4-7H2,1-3H3. The molecule has 0 atom stereocenters. The maximum absolute atomic E-state index is 11.3. The molecule has 3 nitrogen and oxygen atoms in total. The zero-order valence-electron chi connectivity index (χ0n) is 9.29. The van der Waals surface area contributed by atoms with E-state index in [0.717, 1.165) is 19.4 Å². The third-order valence-corrected chi connectivity index (χ3v) is 2.42. The average Bonchev–Trinajstić information content (AvgIpc) is 1.99. The Labute approximate surface area is 85.8 Å². The third-order valence-electron chi connectivity index (χ3n) is 2.42. The predicted molar refractivity (Wildman–Crippen MR) is 54.0 cm³/mol. The molecular weight excluding hydrogens is 180 g/mol. The van der Waals surface area contributed by atoms with Crippen LogP contribution in [0.15, 0.2) is 0 Å². The fourth-order valence-electron chi connectivity index (χ4n) is 1.76. The Morgan fingerprint density at radius 1 is 1.43 bits per heavy atom. The van der Waals surface area contributed by atoms with Gasteiger partial charge in [0, 0.05) is 13.0 Å². The van der Waals surface area contributed by atoms with Crippen LogP contribution < -0.4 is 0 Å². The number of hydrogen-bond donors (Lipinski definition) is 0. The molecule has 0 saturated heterocycles. The van der Waals surface area contributed by atoms with Crippen molar-refractivity contribution in [2.24, 2.45) is 5.92 Å². The second-order valence-corrected chi connectivity index (χ2v) is 4.16. The minimum absolute atomic E-state index is 0.00488. The van der Waals surface area contributed by atoms with Crippen molar-refractivity contribution in [3.63, 3.8) is 0 Å². The van der Waals surface area contributed by atoms with Crippen molar-refractivity contribution < 1.29 is 14.3 Å². The molecule has 1 saturated carbocycles. The van der Waals surface area contributed by atoms with Gasteiger partial charge in [-0.3, -0.25) is 4.79 Å². The Balaban J connectivity index is 2.07. The van der Waals surface area contributed by atoms with Gasteiger partial charge in [-0.15, -0.1) is 0 Å². The maximum atomic E-state index is 11.3. The smallest absolute Gasteiger partial charge is 0.306 e. The third kappa shape index (κ3) is 3.66. The van der Waals surface area contributed by atoms with Crippen molar-refractivity contribution >= 4 is 5.97 Å². The van der Waals surface area contributed by atoms with Crippen LogP contribution in [0.4, 0.5) is 0 Å². The van der Waals surface area contributed by atoms with Gasteiger partial charge in [-0.05, 0) is 39.5 Å². The second kappa shape index (κ2) is 5.35. The monoisotopic (exact) mass is 200 g/mol. The summed E-state index contributed by atoms with van der Waals surface area (Å²) in [5.74, 6) is 0.415. The summed E-state index contributed by atoms with van der Waals surface area (Å²) in [5.41, 5.74) is 0. The second-order valence-electron chi connectivity index (χ2n) is 4.16. The number of carbonyl (C=O) groups is 1. The maximum Gasteiger partial charge on any atom is 0.306 e. The number of ether oxygens (including phenoxy) is 2. The molecule has 82 valence electrons. The van der Waals surface area contributed by atoms with Gasteiger partial charge in [0.25, 0.3) is 0 Å². The molecule has 0 heterocycles. The molecule has 0 N–H and O–H groups in total. The molecule has 1 aliphatic rings. The lowest BCUT2D eigenvalue weighted by Gasteiger charge is -2.34. The highest BCUT2D eigenvalue weighted by molar-refractivity contribution is 5.70. The van der Waals surface area contributed by atoms with E-state index in [4.69, 9.17) is 9.47 Å². The minimum Gasteiger partial charge on any atom is -0.463 e. The van der Waals surface area contributed by atoms with E-state index in [-0.39, 0.29) is 12.1 Å². The molecule has 3 heteroatoms. The van der Waals surface area contributed by atoms with E-state index >= 15 is 0 Å². The first-order valence-electron chi connectivity index (χ1n) is 5.42. The van der Waals surface area contributed by atoms with Crippen molar-refractivity contribution in [2.75, 3.05) is 6.61 Å². The molecule has 0 aliphatic heterocycles. The van der Waals surface area contributed by atoms with Gasteiger partial charge in [0.1, 0.15) is 0 Å². The normalized spacial score (nSPS) is 26.0. The first-order chi connectivity index (χ1) is 6.61. The molecule has 1 fully saturated rings. The topological polar surface area (TPSA) is 35.5 Å². The van der Waals surface area contributed by atoms with Crippen LogP contribution in [0.2, 0.25) is 0 Å². The van der Waals surface area contributed by atoms with Crippen LogP contribution in [0.25, 0.3) is 0 Å². The van der Waals surface area contributed by atoms with Gasteiger partial charge in [0.2, 0.25) is 0 Å². The Bertz CT molecular complexity index is 183. The van der Waals surface area contributed by atoms with Crippen molar-refractivity contribution in [2.45, 2.75) is 52.2 Å². The summed E-state index contributed by atoms with van der Waals surface area (Å²) in [6.45, 7) is 6.53. The largest absolute Gasteiger partial charge is 0.463 e. The summed E-state index contributed by atoms with van der Waals surface area (Å²) in [4.78, 5) is 11.3. The molecule has 1 rings (SSSR count). The van der Waals surface area contributed by atoms with E-state index in [0.29, 0.717) is 18.4 Å². The molecule has 0 spiro atoms. The fraction of sp³-hybridized carbons (Fsp3) is 0.909. The van der Waals surface area contributed by atoms with Gasteiger partial charge in [-0.1, -0.05) is 0 Å². The number of esters is 1. The van der Waals surface area contributed by atoms with Gasteiger partial charge in [-0.25, -0.2) is 0 Å². The predicted octanol–water partition coefficient (Wildman–Crippen LogP) is 2.14. The lowest BCUT2D eigenvalue weighted by Crippen LogP contribution is -2.33. The molecule has 0 aromatic rings. The van der Waals surface area contributed by atoms with E-state index in [1.54, 1.807) is 0 Å². The molecule has 0 bridgehead atoms. The quantitative estimate of drug-likeness (QED) is 0.638. The Hall–Kier alpha value is -0.570. The van der Waals surface area contributed by atoms with Gasteiger partial charge in [-0.2, -0.15) is 0 Å². The van der Waals surface area contributed by atoms with E-state index in [1.165, 1.54) is 0 Å². The molecule has 0 aromatic carbocycles. The molecule has 0 amide bonds. The first-order valence-corrected chi connectivity index (χ1v) is 5.42. The zero-order valence-corrected chi connectivity index (χ0v) is 9.29. The Kier molecular flexibility index (Phi) is 4.39. The van der Waals surface area contributed by atoms with Crippen molar-refractivity contribution in [3.05, 3.63) is 0 Å². The summed E-state index contributed by atoms with van der Waals surface area (Å²) in [6.07, 6.45) is 2.98. The minimum atomic E-state index is -0.0695. The summed E-state index contributed by atoms with van der Waals surface area (Å²) in [5, 5.41) is 0.